The zero-order chi connectivity index (χ0) is 18.0. The number of fused-ring (bicyclic) bond motifs is 1. The number of nitrogens with one attached hydrogen (secondary N) is 1. The van der Waals surface area contributed by atoms with Gasteiger partial charge in [0.2, 0.25) is 11.8 Å². The fraction of sp³-hybridized carbons (Fsp3) is 0.600. The van der Waals surface area contributed by atoms with Gasteiger partial charge in [-0.2, -0.15) is 0 Å². The summed E-state index contributed by atoms with van der Waals surface area (Å²) in [5, 5.41) is 2.90. The average Bonchev–Trinajstić information content (AvgIpc) is 3.06. The molecule has 0 aliphatic carbocycles. The summed E-state index contributed by atoms with van der Waals surface area (Å²) in [4.78, 5) is 29.2. The van der Waals surface area contributed by atoms with E-state index in [1.54, 1.807) is 0 Å². The molecule has 0 bridgehead atoms. The van der Waals surface area contributed by atoms with E-state index in [4.69, 9.17) is 0 Å². The first-order chi connectivity index (χ1) is 11.9. The maximum absolute atomic E-state index is 12.9. The molecule has 1 aromatic rings. The van der Waals surface area contributed by atoms with Crippen molar-refractivity contribution in [2.75, 3.05) is 32.0 Å². The van der Waals surface area contributed by atoms with Gasteiger partial charge < -0.3 is 15.1 Å². The molecule has 2 aliphatic rings. The van der Waals surface area contributed by atoms with E-state index in [0.29, 0.717) is 12.8 Å². The van der Waals surface area contributed by atoms with E-state index in [1.165, 1.54) is 12.8 Å². The number of hydrogen-bond acceptors (Lipinski definition) is 3. The monoisotopic (exact) mass is 343 g/mol. The van der Waals surface area contributed by atoms with Crippen LogP contribution < -0.4 is 5.32 Å². The van der Waals surface area contributed by atoms with Crippen LogP contribution in [0.1, 0.15) is 51.0 Å². The molecule has 1 atom stereocenters. The number of carbonyl (C=O) groups is 2. The van der Waals surface area contributed by atoms with Gasteiger partial charge in [0.05, 0.1) is 0 Å². The van der Waals surface area contributed by atoms with Gasteiger partial charge in [0.1, 0.15) is 0 Å². The lowest BCUT2D eigenvalue weighted by Crippen LogP contribution is -2.52. The van der Waals surface area contributed by atoms with Gasteiger partial charge in [-0.3, -0.25) is 9.59 Å². The highest BCUT2D eigenvalue weighted by molar-refractivity contribution is 5.95. The molecule has 1 aromatic carbocycles. The van der Waals surface area contributed by atoms with Gasteiger partial charge >= 0.3 is 0 Å². The summed E-state index contributed by atoms with van der Waals surface area (Å²) in [6, 6.07) is 7.80. The first kappa shape index (κ1) is 17.9. The summed E-state index contributed by atoms with van der Waals surface area (Å²) in [5.41, 5.74) is 1.70. The molecule has 25 heavy (non-hydrogen) atoms. The Morgan fingerprint density at radius 1 is 1.28 bits per heavy atom. The van der Waals surface area contributed by atoms with Gasteiger partial charge in [0.15, 0.2) is 0 Å². The molecular formula is C20H29N3O2. The van der Waals surface area contributed by atoms with Crippen LogP contribution in [0, 0.1) is 0 Å². The van der Waals surface area contributed by atoms with Crippen LogP contribution in [0.3, 0.4) is 0 Å². The number of benzene rings is 1. The van der Waals surface area contributed by atoms with Crippen molar-refractivity contribution in [2.24, 2.45) is 0 Å². The van der Waals surface area contributed by atoms with Crippen molar-refractivity contribution in [3.8, 4) is 0 Å². The van der Waals surface area contributed by atoms with Crippen molar-refractivity contribution < 1.29 is 9.59 Å². The zero-order valence-corrected chi connectivity index (χ0v) is 15.5. The van der Waals surface area contributed by atoms with Gasteiger partial charge in [-0.05, 0) is 51.4 Å². The lowest BCUT2D eigenvalue weighted by atomic mass is 9.87. The van der Waals surface area contributed by atoms with E-state index < -0.39 is 0 Å². The van der Waals surface area contributed by atoms with Gasteiger partial charge in [0.25, 0.3) is 0 Å². The molecule has 0 radical (unpaired) electrons. The third kappa shape index (κ3) is 4.03. The molecule has 1 unspecified atom stereocenters. The summed E-state index contributed by atoms with van der Waals surface area (Å²) in [6.07, 6.45) is 3.26. The summed E-state index contributed by atoms with van der Waals surface area (Å²) in [5.74, 6) is 0.0664. The molecule has 3 rings (SSSR count). The first-order valence-corrected chi connectivity index (χ1v) is 9.24. The van der Waals surface area contributed by atoms with Crippen molar-refractivity contribution in [3.63, 3.8) is 0 Å². The average molecular weight is 343 g/mol. The van der Waals surface area contributed by atoms with E-state index >= 15 is 0 Å². The van der Waals surface area contributed by atoms with Gasteiger partial charge in [-0.1, -0.05) is 18.2 Å². The lowest BCUT2D eigenvalue weighted by Gasteiger charge is -2.39. The van der Waals surface area contributed by atoms with Gasteiger partial charge in [-0.25, -0.2) is 0 Å². The summed E-state index contributed by atoms with van der Waals surface area (Å²) in [6.45, 7) is 7.41. The number of rotatable bonds is 5. The number of amides is 2. The number of nitrogens with zero attached hydrogens (tertiary/aromatic N) is 2. The Morgan fingerprint density at radius 3 is 2.68 bits per heavy atom. The molecule has 2 aliphatic heterocycles. The van der Waals surface area contributed by atoms with Crippen LogP contribution in [0.5, 0.6) is 0 Å². The van der Waals surface area contributed by atoms with Crippen LogP contribution in [0.15, 0.2) is 24.3 Å². The van der Waals surface area contributed by atoms with Crippen LogP contribution in [0.25, 0.3) is 0 Å². The molecule has 0 spiro atoms. The Morgan fingerprint density at radius 2 is 1.96 bits per heavy atom. The molecule has 136 valence electrons. The fourth-order valence-corrected chi connectivity index (χ4v) is 3.96. The SMILES string of the molecule is CN(C(=O)CC1CC(=O)Nc2ccccc21)C(C)(C)CN1CCCC1. The second-order valence-corrected chi connectivity index (χ2v) is 7.99. The van der Waals surface area contributed by atoms with Crippen LogP contribution in [0.4, 0.5) is 5.69 Å². The van der Waals surface area contributed by atoms with E-state index in [-0.39, 0.29) is 23.3 Å². The standard InChI is InChI=1S/C20H29N3O2/c1-20(2,14-23-10-6-7-11-23)22(3)19(25)13-15-12-18(24)21-17-9-5-4-8-16(15)17/h4-5,8-9,15H,6-7,10-14H2,1-3H3,(H,21,24). The van der Waals surface area contributed by atoms with E-state index in [0.717, 1.165) is 30.9 Å². The predicted octanol–water partition coefficient (Wildman–Crippen LogP) is 2.84. The molecule has 0 aromatic heterocycles. The van der Waals surface area contributed by atoms with E-state index in [2.05, 4.69) is 24.1 Å². The third-order valence-electron chi connectivity index (χ3n) is 5.62. The molecule has 5 heteroatoms. The normalized spacial score (nSPS) is 20.9. The van der Waals surface area contributed by atoms with Crippen molar-refractivity contribution >= 4 is 17.5 Å². The smallest absolute Gasteiger partial charge is 0.225 e. The topological polar surface area (TPSA) is 52.7 Å². The summed E-state index contributed by atoms with van der Waals surface area (Å²) in [7, 11) is 1.90. The van der Waals surface area contributed by atoms with Crippen molar-refractivity contribution in [1.29, 1.82) is 0 Å². The zero-order valence-electron chi connectivity index (χ0n) is 15.5. The maximum Gasteiger partial charge on any atom is 0.225 e. The molecule has 2 heterocycles. The Hall–Kier alpha value is -1.88. The van der Waals surface area contributed by atoms with Crippen molar-refractivity contribution in [2.45, 2.75) is 51.0 Å². The Bertz CT molecular complexity index is 650. The van der Waals surface area contributed by atoms with E-state index in [9.17, 15) is 9.59 Å². The number of likely N-dealkylation sites (tertiary alicyclic amines) is 1. The third-order valence-corrected chi connectivity index (χ3v) is 5.62. The lowest BCUT2D eigenvalue weighted by molar-refractivity contribution is -0.135. The Labute approximate surface area is 150 Å². The Kier molecular flexibility index (Phi) is 5.13. The summed E-state index contributed by atoms with van der Waals surface area (Å²) < 4.78 is 0. The minimum absolute atomic E-state index is 0.00419. The van der Waals surface area contributed by atoms with E-state index in [1.807, 2.05) is 36.2 Å². The van der Waals surface area contributed by atoms with Crippen LogP contribution in [-0.2, 0) is 9.59 Å². The number of likely N-dealkylation sites (N-methyl/N-ethyl adjacent to an activating group) is 1. The molecule has 5 nitrogen and oxygen atoms in total. The van der Waals surface area contributed by atoms with Crippen molar-refractivity contribution in [3.05, 3.63) is 29.8 Å². The number of para-hydroxylation sites is 1. The minimum Gasteiger partial charge on any atom is -0.339 e. The largest absolute Gasteiger partial charge is 0.339 e. The number of carbonyl (C=O) groups excluding carboxylic acids is 2. The number of anilines is 1. The fourth-order valence-electron chi connectivity index (χ4n) is 3.96. The predicted molar refractivity (Wildman–Crippen MR) is 99.6 cm³/mol. The van der Waals surface area contributed by atoms with Gasteiger partial charge in [0, 0.05) is 43.6 Å². The second kappa shape index (κ2) is 7.16. The summed E-state index contributed by atoms with van der Waals surface area (Å²) >= 11 is 0. The molecular weight excluding hydrogens is 314 g/mol. The quantitative estimate of drug-likeness (QED) is 0.894. The number of hydrogen-bond donors (Lipinski definition) is 1. The highest BCUT2D eigenvalue weighted by Gasteiger charge is 2.33. The first-order valence-electron chi connectivity index (χ1n) is 9.24. The van der Waals surface area contributed by atoms with Crippen molar-refractivity contribution in [1.82, 2.24) is 9.80 Å². The van der Waals surface area contributed by atoms with Crippen LogP contribution in [0.2, 0.25) is 0 Å². The van der Waals surface area contributed by atoms with Gasteiger partial charge in [-0.15, -0.1) is 0 Å². The molecule has 1 saturated heterocycles. The highest BCUT2D eigenvalue weighted by atomic mass is 16.2. The molecule has 1 fully saturated rings. The minimum atomic E-state index is -0.210. The molecule has 1 N–H and O–H groups in total. The van der Waals surface area contributed by atoms with Crippen LogP contribution >= 0.6 is 0 Å². The second-order valence-electron chi connectivity index (χ2n) is 7.99. The Balaban J connectivity index is 1.68. The maximum atomic E-state index is 12.9. The molecule has 2 amide bonds. The molecule has 0 saturated carbocycles. The highest BCUT2D eigenvalue weighted by Crippen LogP contribution is 2.35. The van der Waals surface area contributed by atoms with Crippen LogP contribution in [-0.4, -0.2) is 53.8 Å².